The molecule has 3 rings (SSSR count). The zero-order valence-electron chi connectivity index (χ0n) is 16.5. The average molecular weight is 392 g/mol. The van der Waals surface area contributed by atoms with Crippen molar-refractivity contribution in [3.8, 4) is 11.5 Å². The van der Waals surface area contributed by atoms with Gasteiger partial charge in [-0.3, -0.25) is 20.4 Å². The molecule has 0 saturated heterocycles. The molecule has 0 aliphatic carbocycles. The zero-order valence-corrected chi connectivity index (χ0v) is 16.5. The van der Waals surface area contributed by atoms with E-state index in [1.165, 1.54) is 7.11 Å². The SMILES string of the molecule is CCCCOc1ccc(C(=O)NNC(=O)c2cccc3ccccc23)cc1OC. The van der Waals surface area contributed by atoms with Crippen molar-refractivity contribution in [3.05, 3.63) is 71.8 Å². The quantitative estimate of drug-likeness (QED) is 0.469. The van der Waals surface area contributed by atoms with Crippen LogP contribution in [0.3, 0.4) is 0 Å². The fraction of sp³-hybridized carbons (Fsp3) is 0.217. The Morgan fingerprint density at radius 2 is 1.66 bits per heavy atom. The van der Waals surface area contributed by atoms with E-state index in [0.29, 0.717) is 29.2 Å². The van der Waals surface area contributed by atoms with Crippen molar-refractivity contribution >= 4 is 22.6 Å². The third-order valence-electron chi connectivity index (χ3n) is 4.51. The summed E-state index contributed by atoms with van der Waals surface area (Å²) >= 11 is 0. The van der Waals surface area contributed by atoms with Crippen molar-refractivity contribution in [2.24, 2.45) is 0 Å². The Morgan fingerprint density at radius 1 is 0.897 bits per heavy atom. The van der Waals surface area contributed by atoms with Crippen LogP contribution in [0.25, 0.3) is 10.8 Å². The highest BCUT2D eigenvalue weighted by Crippen LogP contribution is 2.28. The second-order valence-corrected chi connectivity index (χ2v) is 6.50. The summed E-state index contributed by atoms with van der Waals surface area (Å²) in [5.41, 5.74) is 5.76. The van der Waals surface area contributed by atoms with Crippen molar-refractivity contribution in [1.82, 2.24) is 10.9 Å². The summed E-state index contributed by atoms with van der Waals surface area (Å²) in [5.74, 6) is 0.213. The molecule has 6 heteroatoms. The van der Waals surface area contributed by atoms with Gasteiger partial charge in [0.2, 0.25) is 0 Å². The van der Waals surface area contributed by atoms with Gasteiger partial charge >= 0.3 is 0 Å². The lowest BCUT2D eigenvalue weighted by Crippen LogP contribution is -2.41. The number of amides is 2. The molecular weight excluding hydrogens is 368 g/mol. The van der Waals surface area contributed by atoms with E-state index >= 15 is 0 Å². The fourth-order valence-corrected chi connectivity index (χ4v) is 2.93. The lowest BCUT2D eigenvalue weighted by Gasteiger charge is -2.13. The highest BCUT2D eigenvalue weighted by Gasteiger charge is 2.14. The van der Waals surface area contributed by atoms with E-state index in [-0.39, 0.29) is 5.91 Å². The number of fused-ring (bicyclic) bond motifs is 1. The Hall–Kier alpha value is -3.54. The minimum Gasteiger partial charge on any atom is -0.493 e. The van der Waals surface area contributed by atoms with Crippen LogP contribution in [0.4, 0.5) is 0 Å². The van der Waals surface area contributed by atoms with Gasteiger partial charge < -0.3 is 9.47 Å². The van der Waals surface area contributed by atoms with E-state index in [1.54, 1.807) is 30.3 Å². The molecule has 6 nitrogen and oxygen atoms in total. The maximum Gasteiger partial charge on any atom is 0.270 e. The van der Waals surface area contributed by atoms with Gasteiger partial charge in [-0.15, -0.1) is 0 Å². The van der Waals surface area contributed by atoms with Crippen LogP contribution < -0.4 is 20.3 Å². The monoisotopic (exact) mass is 392 g/mol. The average Bonchev–Trinajstić information content (AvgIpc) is 2.77. The molecule has 2 amide bonds. The van der Waals surface area contributed by atoms with Gasteiger partial charge in [0.05, 0.1) is 13.7 Å². The number of unbranched alkanes of at least 4 members (excludes halogenated alkanes) is 1. The normalized spacial score (nSPS) is 10.4. The number of rotatable bonds is 7. The number of methoxy groups -OCH3 is 1. The highest BCUT2D eigenvalue weighted by molar-refractivity contribution is 6.08. The van der Waals surface area contributed by atoms with Crippen molar-refractivity contribution in [3.63, 3.8) is 0 Å². The van der Waals surface area contributed by atoms with Crippen LogP contribution in [0.15, 0.2) is 60.7 Å². The van der Waals surface area contributed by atoms with Crippen LogP contribution in [0, 0.1) is 0 Å². The van der Waals surface area contributed by atoms with E-state index in [9.17, 15) is 9.59 Å². The summed E-state index contributed by atoms with van der Waals surface area (Å²) in [5, 5.41) is 1.77. The Morgan fingerprint density at radius 3 is 2.45 bits per heavy atom. The van der Waals surface area contributed by atoms with Gasteiger partial charge in [-0.1, -0.05) is 49.7 Å². The van der Waals surface area contributed by atoms with E-state index < -0.39 is 5.91 Å². The first-order valence-electron chi connectivity index (χ1n) is 9.53. The third-order valence-corrected chi connectivity index (χ3v) is 4.51. The van der Waals surface area contributed by atoms with Gasteiger partial charge in [0.1, 0.15) is 0 Å². The van der Waals surface area contributed by atoms with E-state index in [4.69, 9.17) is 9.47 Å². The minimum absolute atomic E-state index is 0.350. The first kappa shape index (κ1) is 20.2. The van der Waals surface area contributed by atoms with Crippen molar-refractivity contribution in [1.29, 1.82) is 0 Å². The largest absolute Gasteiger partial charge is 0.493 e. The molecule has 3 aromatic rings. The molecule has 0 saturated carbocycles. The predicted octanol–water partition coefficient (Wildman–Crippen LogP) is 4.10. The fourth-order valence-electron chi connectivity index (χ4n) is 2.93. The number of hydrazine groups is 1. The van der Waals surface area contributed by atoms with Gasteiger partial charge in [0, 0.05) is 11.1 Å². The number of hydrogen-bond acceptors (Lipinski definition) is 4. The Kier molecular flexibility index (Phi) is 6.68. The van der Waals surface area contributed by atoms with Crippen molar-refractivity contribution < 1.29 is 19.1 Å². The molecule has 0 atom stereocenters. The molecule has 0 radical (unpaired) electrons. The molecule has 150 valence electrons. The molecule has 0 heterocycles. The van der Waals surface area contributed by atoms with Crippen LogP contribution >= 0.6 is 0 Å². The summed E-state index contributed by atoms with van der Waals surface area (Å²) < 4.78 is 11.0. The van der Waals surface area contributed by atoms with Crippen LogP contribution in [-0.4, -0.2) is 25.5 Å². The highest BCUT2D eigenvalue weighted by atomic mass is 16.5. The van der Waals surface area contributed by atoms with Gasteiger partial charge in [-0.2, -0.15) is 0 Å². The van der Waals surface area contributed by atoms with E-state index in [1.807, 2.05) is 30.3 Å². The molecule has 0 aromatic heterocycles. The number of nitrogens with one attached hydrogen (secondary N) is 2. The number of ether oxygens (including phenoxy) is 2. The maximum atomic E-state index is 12.5. The lowest BCUT2D eigenvalue weighted by molar-refractivity contribution is 0.0847. The maximum absolute atomic E-state index is 12.5. The molecular formula is C23H24N2O4. The summed E-state index contributed by atoms with van der Waals surface area (Å²) in [4.78, 5) is 25.0. The molecule has 0 bridgehead atoms. The molecule has 3 aromatic carbocycles. The van der Waals surface area contributed by atoms with Gasteiger partial charge in [0.15, 0.2) is 11.5 Å². The van der Waals surface area contributed by atoms with E-state index in [2.05, 4.69) is 17.8 Å². The Bertz CT molecular complexity index is 1010. The molecule has 0 unspecified atom stereocenters. The van der Waals surface area contributed by atoms with Crippen LogP contribution in [-0.2, 0) is 0 Å². The second kappa shape index (κ2) is 9.59. The number of hydrogen-bond donors (Lipinski definition) is 2. The molecule has 2 N–H and O–H groups in total. The van der Waals surface area contributed by atoms with Gasteiger partial charge in [-0.25, -0.2) is 0 Å². The molecule has 0 spiro atoms. The van der Waals surface area contributed by atoms with Gasteiger partial charge in [0.25, 0.3) is 11.8 Å². The zero-order chi connectivity index (χ0) is 20.6. The molecule has 0 aliphatic rings. The van der Waals surface area contributed by atoms with Crippen LogP contribution in [0.1, 0.15) is 40.5 Å². The van der Waals surface area contributed by atoms with Crippen LogP contribution in [0.5, 0.6) is 11.5 Å². The third kappa shape index (κ3) is 4.85. The molecule has 0 fully saturated rings. The minimum atomic E-state index is -0.447. The summed E-state index contributed by atoms with van der Waals surface area (Å²) in [6, 6.07) is 17.9. The second-order valence-electron chi connectivity index (χ2n) is 6.50. The molecule has 0 aliphatic heterocycles. The van der Waals surface area contributed by atoms with Gasteiger partial charge in [-0.05, 0) is 41.5 Å². The number of carbonyl (C=O) groups excluding carboxylic acids is 2. The van der Waals surface area contributed by atoms with Crippen molar-refractivity contribution in [2.45, 2.75) is 19.8 Å². The predicted molar refractivity (Wildman–Crippen MR) is 112 cm³/mol. The van der Waals surface area contributed by atoms with E-state index in [0.717, 1.165) is 23.6 Å². The number of carbonyl (C=O) groups is 2. The standard InChI is InChI=1S/C23H24N2O4/c1-3-4-14-29-20-13-12-17(15-21(20)28-2)22(26)24-25-23(27)19-11-7-9-16-8-5-6-10-18(16)19/h5-13,15H,3-4,14H2,1-2H3,(H,24,26)(H,25,27). The smallest absolute Gasteiger partial charge is 0.270 e. The lowest BCUT2D eigenvalue weighted by atomic mass is 10.0. The summed E-state index contributed by atoms with van der Waals surface area (Å²) in [7, 11) is 1.52. The first-order valence-corrected chi connectivity index (χ1v) is 9.53. The topological polar surface area (TPSA) is 76.7 Å². The summed E-state index contributed by atoms with van der Waals surface area (Å²) in [6.45, 7) is 2.67. The molecule has 29 heavy (non-hydrogen) atoms. The van der Waals surface area contributed by atoms with Crippen LogP contribution in [0.2, 0.25) is 0 Å². The summed E-state index contributed by atoms with van der Waals surface area (Å²) in [6.07, 6.45) is 1.96. The van der Waals surface area contributed by atoms with Crippen molar-refractivity contribution in [2.75, 3.05) is 13.7 Å². The Balaban J connectivity index is 1.67. The number of benzene rings is 3. The first-order chi connectivity index (χ1) is 14.1. The Labute approximate surface area is 169 Å².